The maximum absolute atomic E-state index is 5.23. The number of hydrogen-bond donors (Lipinski definition) is 1. The molecule has 0 atom stereocenters. The normalized spacial score (nSPS) is 13.6. The monoisotopic (exact) mass is 124 g/mol. The summed E-state index contributed by atoms with van der Waals surface area (Å²) in [6, 6.07) is 0. The molecule has 0 aromatic carbocycles. The lowest BCUT2D eigenvalue weighted by molar-refractivity contribution is 1.42. The molecular weight excluding hydrogens is 112 g/mol. The second kappa shape index (κ2) is 3.89. The fraction of sp³-hybridized carbons (Fsp3) is 0.286. The Hall–Kier alpha value is -1.05. The van der Waals surface area contributed by atoms with Gasteiger partial charge in [-0.05, 0) is 25.6 Å². The summed E-state index contributed by atoms with van der Waals surface area (Å²) >= 11 is 0. The fourth-order valence-electron chi connectivity index (χ4n) is 0.359. The molecule has 0 amide bonds. The first-order valence-corrected chi connectivity index (χ1v) is 2.76. The summed E-state index contributed by atoms with van der Waals surface area (Å²) in [6.07, 6.45) is 3.03. The van der Waals surface area contributed by atoms with Crippen LogP contribution in [0.3, 0.4) is 0 Å². The Labute approximate surface area is 55.8 Å². The van der Waals surface area contributed by atoms with Crippen LogP contribution in [0.2, 0.25) is 0 Å². The van der Waals surface area contributed by atoms with Crippen LogP contribution in [0.5, 0.6) is 0 Å². The number of aliphatic imine (C=N–C) groups is 1. The van der Waals surface area contributed by atoms with Crippen LogP contribution in [0.25, 0.3) is 0 Å². The number of rotatable bonds is 2. The lowest BCUT2D eigenvalue weighted by Crippen LogP contribution is -1.95. The third-order valence-electron chi connectivity index (χ3n) is 1.11. The fourth-order valence-corrected chi connectivity index (χ4v) is 0.359. The summed E-state index contributed by atoms with van der Waals surface area (Å²) in [5, 5.41) is 0. The van der Waals surface area contributed by atoms with Crippen molar-refractivity contribution in [1.29, 1.82) is 0 Å². The molecule has 0 bridgehead atoms. The van der Waals surface area contributed by atoms with E-state index < -0.39 is 0 Å². The van der Waals surface area contributed by atoms with Crippen molar-refractivity contribution in [3.05, 3.63) is 24.6 Å². The molecule has 0 unspecified atom stereocenters. The predicted octanol–water partition coefficient (Wildman–Crippen LogP) is 1.45. The minimum Gasteiger partial charge on any atom is -0.404 e. The van der Waals surface area contributed by atoms with E-state index in [0.717, 1.165) is 11.3 Å². The van der Waals surface area contributed by atoms with E-state index in [-0.39, 0.29) is 0 Å². The molecule has 9 heavy (non-hydrogen) atoms. The van der Waals surface area contributed by atoms with Crippen LogP contribution in [0.1, 0.15) is 13.8 Å². The molecule has 0 aromatic heterocycles. The molecule has 0 radical (unpaired) electrons. The molecule has 0 aromatic rings. The van der Waals surface area contributed by atoms with E-state index in [1.165, 1.54) is 12.4 Å². The molecular formula is C7H12N2. The van der Waals surface area contributed by atoms with Gasteiger partial charge in [-0.2, -0.15) is 0 Å². The molecule has 2 heteroatoms. The van der Waals surface area contributed by atoms with Crippen LogP contribution in [0, 0.1) is 0 Å². The Morgan fingerprint density at radius 1 is 1.56 bits per heavy atom. The van der Waals surface area contributed by atoms with Crippen molar-refractivity contribution in [3.8, 4) is 0 Å². The molecule has 0 heterocycles. The molecule has 0 aliphatic rings. The van der Waals surface area contributed by atoms with Crippen molar-refractivity contribution in [2.24, 2.45) is 10.7 Å². The first-order chi connectivity index (χ1) is 4.22. The van der Waals surface area contributed by atoms with E-state index in [9.17, 15) is 0 Å². The van der Waals surface area contributed by atoms with Gasteiger partial charge in [0, 0.05) is 11.9 Å². The summed E-state index contributed by atoms with van der Waals surface area (Å²) in [7, 11) is 0. The van der Waals surface area contributed by atoms with Gasteiger partial charge in [0.15, 0.2) is 0 Å². The molecule has 0 fully saturated rings. The molecule has 50 valence electrons. The van der Waals surface area contributed by atoms with E-state index in [0.29, 0.717) is 0 Å². The van der Waals surface area contributed by atoms with Gasteiger partial charge < -0.3 is 5.73 Å². The lowest BCUT2D eigenvalue weighted by Gasteiger charge is -1.94. The minimum atomic E-state index is 0.910. The molecule has 2 N–H and O–H groups in total. The minimum absolute atomic E-state index is 0.910. The predicted molar refractivity (Wildman–Crippen MR) is 41.3 cm³/mol. The highest BCUT2D eigenvalue weighted by Crippen LogP contribution is 1.93. The highest BCUT2D eigenvalue weighted by atomic mass is 14.7. The second-order valence-electron chi connectivity index (χ2n) is 1.75. The zero-order chi connectivity index (χ0) is 7.28. The topological polar surface area (TPSA) is 38.4 Å². The van der Waals surface area contributed by atoms with Crippen LogP contribution in [-0.4, -0.2) is 5.71 Å². The average molecular weight is 124 g/mol. The smallest absolute Gasteiger partial charge is 0.0415 e. The van der Waals surface area contributed by atoms with Crippen LogP contribution < -0.4 is 5.73 Å². The second-order valence-corrected chi connectivity index (χ2v) is 1.75. The number of nitrogens with zero attached hydrogens (tertiary/aromatic N) is 1. The summed E-state index contributed by atoms with van der Waals surface area (Å²) in [5.74, 6) is 0. The largest absolute Gasteiger partial charge is 0.404 e. The zero-order valence-electron chi connectivity index (χ0n) is 5.89. The Morgan fingerprint density at radius 3 is 2.44 bits per heavy atom. The molecule has 0 saturated carbocycles. The van der Waals surface area contributed by atoms with E-state index in [1.54, 1.807) is 0 Å². The van der Waals surface area contributed by atoms with Crippen molar-refractivity contribution >= 4 is 5.71 Å². The maximum atomic E-state index is 5.23. The Balaban J connectivity index is 4.19. The number of nitrogens with two attached hydrogens (primary N) is 1. The van der Waals surface area contributed by atoms with E-state index in [1.807, 2.05) is 13.8 Å². The molecule has 0 aliphatic heterocycles. The molecule has 0 rings (SSSR count). The SMILES string of the molecule is C=C/N=C(/C)C(C)=CN. The Bertz CT molecular complexity index is 154. The summed E-state index contributed by atoms with van der Waals surface area (Å²) < 4.78 is 0. The highest BCUT2D eigenvalue weighted by Gasteiger charge is 1.88. The van der Waals surface area contributed by atoms with Crippen molar-refractivity contribution in [2.45, 2.75) is 13.8 Å². The lowest BCUT2D eigenvalue weighted by atomic mass is 10.2. The molecule has 0 aliphatic carbocycles. The van der Waals surface area contributed by atoms with Crippen LogP contribution in [0.15, 0.2) is 29.5 Å². The Morgan fingerprint density at radius 2 is 2.11 bits per heavy atom. The van der Waals surface area contributed by atoms with Gasteiger partial charge >= 0.3 is 0 Å². The van der Waals surface area contributed by atoms with Crippen molar-refractivity contribution < 1.29 is 0 Å². The van der Waals surface area contributed by atoms with Gasteiger partial charge in [0.1, 0.15) is 0 Å². The van der Waals surface area contributed by atoms with Gasteiger partial charge in [0.25, 0.3) is 0 Å². The third-order valence-corrected chi connectivity index (χ3v) is 1.11. The van der Waals surface area contributed by atoms with Gasteiger partial charge in [0.05, 0.1) is 0 Å². The first kappa shape index (κ1) is 7.95. The standard InChI is InChI=1S/C7H12N2/c1-4-9-7(3)6(2)5-8/h4-5H,1,8H2,2-3H3/b6-5?,9-7-. The summed E-state index contributed by atoms with van der Waals surface area (Å²) in [6.45, 7) is 7.26. The number of allylic oxidation sites excluding steroid dienone is 1. The average Bonchev–Trinajstić information content (AvgIpc) is 1.87. The van der Waals surface area contributed by atoms with Crippen molar-refractivity contribution in [1.82, 2.24) is 0 Å². The molecule has 0 saturated heterocycles. The van der Waals surface area contributed by atoms with Gasteiger partial charge in [-0.25, -0.2) is 0 Å². The van der Waals surface area contributed by atoms with E-state index >= 15 is 0 Å². The van der Waals surface area contributed by atoms with Gasteiger partial charge in [-0.1, -0.05) is 6.58 Å². The first-order valence-electron chi connectivity index (χ1n) is 2.76. The zero-order valence-corrected chi connectivity index (χ0v) is 5.89. The quantitative estimate of drug-likeness (QED) is 0.556. The summed E-state index contributed by atoms with van der Waals surface area (Å²) in [4.78, 5) is 3.93. The third kappa shape index (κ3) is 2.69. The molecule has 0 spiro atoms. The van der Waals surface area contributed by atoms with E-state index in [4.69, 9.17) is 5.73 Å². The van der Waals surface area contributed by atoms with Crippen molar-refractivity contribution in [2.75, 3.05) is 0 Å². The van der Waals surface area contributed by atoms with Gasteiger partial charge in [-0.15, -0.1) is 0 Å². The highest BCUT2D eigenvalue weighted by molar-refractivity contribution is 5.97. The summed E-state index contributed by atoms with van der Waals surface area (Å²) in [5.41, 5.74) is 7.12. The van der Waals surface area contributed by atoms with E-state index in [2.05, 4.69) is 11.6 Å². The van der Waals surface area contributed by atoms with Crippen LogP contribution >= 0.6 is 0 Å². The molecule has 2 nitrogen and oxygen atoms in total. The van der Waals surface area contributed by atoms with Gasteiger partial charge in [-0.3, -0.25) is 4.99 Å². The van der Waals surface area contributed by atoms with Gasteiger partial charge in [0.2, 0.25) is 0 Å². The van der Waals surface area contributed by atoms with Crippen LogP contribution in [0.4, 0.5) is 0 Å². The number of hydrogen-bond acceptors (Lipinski definition) is 2. The van der Waals surface area contributed by atoms with Crippen LogP contribution in [-0.2, 0) is 0 Å². The Kier molecular flexibility index (Phi) is 3.44. The maximum Gasteiger partial charge on any atom is 0.0415 e. The van der Waals surface area contributed by atoms with Crippen molar-refractivity contribution in [3.63, 3.8) is 0 Å².